The van der Waals surface area contributed by atoms with Gasteiger partial charge in [-0.3, -0.25) is 0 Å². The van der Waals surface area contributed by atoms with Crippen LogP contribution in [0.2, 0.25) is 0 Å². The van der Waals surface area contributed by atoms with Gasteiger partial charge in [-0.2, -0.15) is 0 Å². The van der Waals surface area contributed by atoms with Gasteiger partial charge in [-0.05, 0) is 105 Å². The average Bonchev–Trinajstić information content (AvgIpc) is 3.09. The SMILES string of the molecule is [2H]c1c([2H])c(-c2c3ccccc3cc3c2ccc2ccccc23)c([2H])c([2H])c1-c1cccc2c1ccc1cc3ccccc3cc12. The minimum atomic E-state index is -0.0380. The molecule has 0 N–H and O–H groups in total. The molecule has 0 unspecified atom stereocenters. The van der Waals surface area contributed by atoms with Crippen LogP contribution in [-0.2, 0) is 0 Å². The van der Waals surface area contributed by atoms with Gasteiger partial charge in [-0.25, -0.2) is 0 Å². The van der Waals surface area contributed by atoms with E-state index in [0.717, 1.165) is 64.8 Å². The molecule has 0 amide bonds. The van der Waals surface area contributed by atoms with Gasteiger partial charge in [-0.15, -0.1) is 0 Å². The quantitative estimate of drug-likeness (QED) is 0.153. The Kier molecular flexibility index (Phi) is 4.21. The lowest BCUT2D eigenvalue weighted by Crippen LogP contribution is -1.88. The molecule has 194 valence electrons. The summed E-state index contributed by atoms with van der Waals surface area (Å²) in [7, 11) is 0. The summed E-state index contributed by atoms with van der Waals surface area (Å²) in [5.41, 5.74) is 2.08. The first kappa shape index (κ1) is 19.6. The number of rotatable bonds is 2. The van der Waals surface area contributed by atoms with E-state index in [0.29, 0.717) is 16.7 Å². The summed E-state index contributed by atoms with van der Waals surface area (Å²) in [5, 5.41) is 12.5. The lowest BCUT2D eigenvalue weighted by atomic mass is 9.88. The molecule has 0 aliphatic carbocycles. The summed E-state index contributed by atoms with van der Waals surface area (Å²) in [5.74, 6) is 0. The molecule has 9 aromatic carbocycles. The van der Waals surface area contributed by atoms with Crippen LogP contribution in [0.15, 0.2) is 158 Å². The minimum absolute atomic E-state index is 0.0365. The predicted molar refractivity (Wildman–Crippen MR) is 182 cm³/mol. The van der Waals surface area contributed by atoms with E-state index in [9.17, 15) is 5.48 Å². The van der Waals surface area contributed by atoms with E-state index in [1.807, 2.05) is 60.7 Å². The Morgan fingerprint density at radius 2 is 0.881 bits per heavy atom. The van der Waals surface area contributed by atoms with Crippen molar-refractivity contribution < 1.29 is 5.48 Å². The normalized spacial score (nSPS) is 13.1. The van der Waals surface area contributed by atoms with Crippen molar-refractivity contribution in [2.24, 2.45) is 0 Å². The smallest absolute Gasteiger partial charge is 0.0616 e. The van der Waals surface area contributed by atoms with Gasteiger partial charge in [0.15, 0.2) is 0 Å². The molecular formula is C42H26. The van der Waals surface area contributed by atoms with E-state index in [1.165, 1.54) is 5.39 Å². The Morgan fingerprint density at radius 1 is 0.310 bits per heavy atom. The molecule has 0 atom stereocenters. The van der Waals surface area contributed by atoms with Crippen LogP contribution in [0, 0.1) is 0 Å². The molecule has 0 nitrogen and oxygen atoms in total. The molecule has 0 heterocycles. The van der Waals surface area contributed by atoms with Crippen LogP contribution >= 0.6 is 0 Å². The maximum absolute atomic E-state index is 9.41. The minimum Gasteiger partial charge on any atom is -0.0616 e. The molecular weight excluding hydrogens is 504 g/mol. The summed E-state index contributed by atoms with van der Waals surface area (Å²) >= 11 is 0. The average molecular weight is 535 g/mol. The number of benzene rings is 9. The maximum Gasteiger partial charge on any atom is 0.0629 e. The Labute approximate surface area is 249 Å². The van der Waals surface area contributed by atoms with E-state index in [2.05, 4.69) is 72.8 Å². The molecule has 0 spiro atoms. The Bertz CT molecular complexity index is 2710. The molecule has 0 aromatic heterocycles. The highest BCUT2D eigenvalue weighted by Gasteiger charge is 2.13. The first-order chi connectivity index (χ1) is 22.5. The van der Waals surface area contributed by atoms with Crippen molar-refractivity contribution in [1.82, 2.24) is 0 Å². The summed E-state index contributed by atoms with van der Waals surface area (Å²) in [6.45, 7) is 0. The Balaban J connectivity index is 1.34. The summed E-state index contributed by atoms with van der Waals surface area (Å²) in [6, 6.07) is 45.2. The number of fused-ring (bicyclic) bond motifs is 8. The Morgan fingerprint density at radius 3 is 1.71 bits per heavy atom. The highest BCUT2D eigenvalue weighted by Crippen LogP contribution is 2.41. The van der Waals surface area contributed by atoms with Gasteiger partial charge in [-0.1, -0.05) is 139 Å². The van der Waals surface area contributed by atoms with E-state index in [-0.39, 0.29) is 24.2 Å². The van der Waals surface area contributed by atoms with Crippen molar-refractivity contribution >= 4 is 64.6 Å². The first-order valence-corrected chi connectivity index (χ1v) is 14.3. The van der Waals surface area contributed by atoms with Gasteiger partial charge in [0.1, 0.15) is 0 Å². The highest BCUT2D eigenvalue weighted by atomic mass is 14.2. The lowest BCUT2D eigenvalue weighted by Gasteiger charge is -2.15. The van der Waals surface area contributed by atoms with Crippen molar-refractivity contribution in [3.8, 4) is 22.3 Å². The van der Waals surface area contributed by atoms with Crippen molar-refractivity contribution in [2.45, 2.75) is 0 Å². The van der Waals surface area contributed by atoms with Crippen LogP contribution in [0.4, 0.5) is 0 Å². The van der Waals surface area contributed by atoms with Crippen LogP contribution in [0.5, 0.6) is 0 Å². The predicted octanol–water partition coefficient (Wildman–Crippen LogP) is 11.9. The molecule has 0 saturated heterocycles. The van der Waals surface area contributed by atoms with E-state index < -0.39 is 0 Å². The van der Waals surface area contributed by atoms with Gasteiger partial charge in [0, 0.05) is 0 Å². The van der Waals surface area contributed by atoms with Gasteiger partial charge < -0.3 is 0 Å². The largest absolute Gasteiger partial charge is 0.0629 e. The lowest BCUT2D eigenvalue weighted by molar-refractivity contribution is 1.64. The summed E-state index contributed by atoms with van der Waals surface area (Å²) < 4.78 is 37.6. The molecule has 9 aromatic rings. The fourth-order valence-electron chi connectivity index (χ4n) is 6.66. The number of hydrogen-bond acceptors (Lipinski definition) is 0. The fourth-order valence-corrected chi connectivity index (χ4v) is 6.66. The molecule has 9 rings (SSSR count). The van der Waals surface area contributed by atoms with Crippen molar-refractivity contribution in [2.75, 3.05) is 0 Å². The molecule has 42 heavy (non-hydrogen) atoms. The van der Waals surface area contributed by atoms with E-state index >= 15 is 0 Å². The number of hydrogen-bond donors (Lipinski definition) is 0. The van der Waals surface area contributed by atoms with Crippen LogP contribution in [0.25, 0.3) is 86.9 Å². The zero-order valence-electron chi connectivity index (χ0n) is 26.7. The third kappa shape index (κ3) is 3.49. The van der Waals surface area contributed by atoms with Crippen molar-refractivity contribution in [3.05, 3.63) is 158 Å². The summed E-state index contributed by atoms with van der Waals surface area (Å²) in [6.07, 6.45) is 0. The fraction of sp³-hybridized carbons (Fsp3) is 0. The molecule has 0 radical (unpaired) electrons. The first-order valence-electron chi connectivity index (χ1n) is 16.3. The molecule has 0 bridgehead atoms. The Hall–Kier alpha value is -5.46. The molecule has 0 heteroatoms. The molecule has 0 saturated carbocycles. The monoisotopic (exact) mass is 534 g/mol. The van der Waals surface area contributed by atoms with Crippen molar-refractivity contribution in [3.63, 3.8) is 0 Å². The second kappa shape index (κ2) is 9.03. The zero-order valence-corrected chi connectivity index (χ0v) is 22.7. The van der Waals surface area contributed by atoms with Gasteiger partial charge in [0.25, 0.3) is 0 Å². The van der Waals surface area contributed by atoms with Gasteiger partial charge in [0.05, 0.1) is 5.48 Å². The summed E-state index contributed by atoms with van der Waals surface area (Å²) in [4.78, 5) is 0. The van der Waals surface area contributed by atoms with Crippen LogP contribution in [0.1, 0.15) is 5.48 Å². The molecule has 0 fully saturated rings. The topological polar surface area (TPSA) is 0 Å². The zero-order chi connectivity index (χ0) is 31.1. The highest BCUT2D eigenvalue weighted by molar-refractivity contribution is 6.20. The standard InChI is InChI=1S/C42H26/c1-2-10-31-25-40-33(24-30(31)9-1)21-22-38-34(14-7-15-37(38)40)28-16-18-29(19-17-28)42-36-13-6-4-11-32(36)26-41-35-12-5-3-8-27(35)20-23-39(41)42/h1-26H/i16D,17D,18D,19D. The maximum atomic E-state index is 9.41. The molecule has 0 aliphatic heterocycles. The third-order valence-electron chi connectivity index (χ3n) is 8.66. The van der Waals surface area contributed by atoms with Crippen molar-refractivity contribution in [1.29, 1.82) is 0 Å². The van der Waals surface area contributed by atoms with E-state index in [1.54, 1.807) is 0 Å². The third-order valence-corrected chi connectivity index (χ3v) is 8.66. The van der Waals surface area contributed by atoms with Crippen LogP contribution in [-0.4, -0.2) is 0 Å². The van der Waals surface area contributed by atoms with Gasteiger partial charge >= 0.3 is 0 Å². The molecule has 0 aliphatic rings. The van der Waals surface area contributed by atoms with Crippen LogP contribution < -0.4 is 0 Å². The second-order valence-electron chi connectivity index (χ2n) is 11.0. The van der Waals surface area contributed by atoms with Crippen LogP contribution in [0.3, 0.4) is 0 Å². The van der Waals surface area contributed by atoms with Gasteiger partial charge in [0.2, 0.25) is 0 Å². The van der Waals surface area contributed by atoms with E-state index in [4.69, 9.17) is 0 Å². The second-order valence-corrected chi connectivity index (χ2v) is 11.0.